The Hall–Kier alpha value is -2.76. The largest absolute Gasteiger partial charge is 0.490 e. The molecule has 2 amide bonds. The van der Waals surface area contributed by atoms with Gasteiger partial charge in [0.05, 0.1) is 18.1 Å². The second-order valence-electron chi connectivity index (χ2n) is 9.40. The Kier molecular flexibility index (Phi) is 5.35. The summed E-state index contributed by atoms with van der Waals surface area (Å²) in [6, 6.07) is 10.2. The van der Waals surface area contributed by atoms with Gasteiger partial charge in [-0.2, -0.15) is 0 Å². The fraction of sp³-hybridized carbons (Fsp3) is 0.500. The van der Waals surface area contributed by atoms with Gasteiger partial charge in [-0.1, -0.05) is 30.3 Å². The van der Waals surface area contributed by atoms with Gasteiger partial charge in [0.2, 0.25) is 5.91 Å². The number of amides is 2. The first-order valence-corrected chi connectivity index (χ1v) is 10.7. The number of carbonyl (C=O) groups is 2. The molecule has 0 radical (unpaired) electrons. The number of rotatable bonds is 5. The molecule has 3 aliphatic rings. The van der Waals surface area contributed by atoms with Crippen LogP contribution in [-0.2, 0) is 20.7 Å². The molecule has 1 saturated heterocycles. The zero-order chi connectivity index (χ0) is 21.5. The molecule has 1 fully saturated rings. The van der Waals surface area contributed by atoms with E-state index in [2.05, 4.69) is 22.3 Å². The van der Waals surface area contributed by atoms with Gasteiger partial charge in [-0.05, 0) is 39.7 Å². The number of ether oxygens (including phenoxy) is 1. The predicted octanol–water partition coefficient (Wildman–Crippen LogP) is 2.62. The van der Waals surface area contributed by atoms with E-state index in [1.165, 1.54) is 5.56 Å². The first-order valence-electron chi connectivity index (χ1n) is 10.7. The third-order valence-corrected chi connectivity index (χ3v) is 5.88. The van der Waals surface area contributed by atoms with E-state index in [9.17, 15) is 9.59 Å². The van der Waals surface area contributed by atoms with Gasteiger partial charge in [0.15, 0.2) is 0 Å². The van der Waals surface area contributed by atoms with Crippen LogP contribution in [0.2, 0.25) is 0 Å². The van der Waals surface area contributed by atoms with E-state index in [0.29, 0.717) is 0 Å². The van der Waals surface area contributed by atoms with Crippen LogP contribution in [0.1, 0.15) is 39.7 Å². The smallest absolute Gasteiger partial charge is 0.250 e. The Morgan fingerprint density at radius 3 is 2.50 bits per heavy atom. The fourth-order valence-corrected chi connectivity index (χ4v) is 4.66. The molecule has 1 aromatic carbocycles. The van der Waals surface area contributed by atoms with E-state index in [0.717, 1.165) is 37.4 Å². The monoisotopic (exact) mass is 409 g/mol. The molecule has 4 rings (SSSR count). The number of benzene rings is 1. The van der Waals surface area contributed by atoms with Gasteiger partial charge >= 0.3 is 0 Å². The normalized spacial score (nSPS) is 26.7. The molecule has 30 heavy (non-hydrogen) atoms. The van der Waals surface area contributed by atoms with Crippen molar-refractivity contribution >= 4 is 11.8 Å². The van der Waals surface area contributed by atoms with Gasteiger partial charge in [-0.3, -0.25) is 9.59 Å². The fourth-order valence-electron chi connectivity index (χ4n) is 4.66. The maximum Gasteiger partial charge on any atom is 0.250 e. The predicted molar refractivity (Wildman–Crippen MR) is 115 cm³/mol. The van der Waals surface area contributed by atoms with Crippen LogP contribution in [0.5, 0.6) is 0 Å². The molecule has 0 aromatic heterocycles. The Labute approximate surface area is 178 Å². The summed E-state index contributed by atoms with van der Waals surface area (Å²) >= 11 is 0. The van der Waals surface area contributed by atoms with Crippen LogP contribution in [0.15, 0.2) is 53.9 Å². The highest BCUT2D eigenvalue weighted by molar-refractivity contribution is 5.92. The molecule has 0 bridgehead atoms. The number of carbonyl (C=O) groups excluding carboxylic acids is 2. The molecule has 6 nitrogen and oxygen atoms in total. The van der Waals surface area contributed by atoms with Crippen LogP contribution < -0.4 is 5.32 Å². The molecule has 1 N–H and O–H groups in total. The molecule has 1 aromatic rings. The maximum absolute atomic E-state index is 13.1. The average Bonchev–Trinajstić information content (AvgIpc) is 3.33. The van der Waals surface area contributed by atoms with Crippen molar-refractivity contribution in [3.63, 3.8) is 0 Å². The minimum absolute atomic E-state index is 0.0172. The lowest BCUT2D eigenvalue weighted by molar-refractivity contribution is -0.128. The van der Waals surface area contributed by atoms with Crippen LogP contribution in [0.3, 0.4) is 0 Å². The summed E-state index contributed by atoms with van der Waals surface area (Å²) in [5.41, 5.74) is 1.84. The third-order valence-electron chi connectivity index (χ3n) is 5.88. The van der Waals surface area contributed by atoms with E-state index in [4.69, 9.17) is 4.74 Å². The number of hydrogen-bond donors (Lipinski definition) is 1. The van der Waals surface area contributed by atoms with Crippen molar-refractivity contribution in [3.05, 3.63) is 59.5 Å². The number of nitrogens with one attached hydrogen (secondary N) is 1. The molecule has 0 aliphatic carbocycles. The summed E-state index contributed by atoms with van der Waals surface area (Å²) in [4.78, 5) is 29.1. The lowest BCUT2D eigenvalue weighted by Crippen LogP contribution is -2.46. The van der Waals surface area contributed by atoms with Crippen LogP contribution in [0.4, 0.5) is 0 Å². The zero-order valence-corrected chi connectivity index (χ0v) is 18.2. The second kappa shape index (κ2) is 7.82. The van der Waals surface area contributed by atoms with Crippen LogP contribution in [0.25, 0.3) is 0 Å². The van der Waals surface area contributed by atoms with Crippen molar-refractivity contribution in [1.82, 2.24) is 15.1 Å². The Morgan fingerprint density at radius 1 is 1.13 bits per heavy atom. The molecule has 3 heterocycles. The Bertz CT molecular complexity index is 885. The van der Waals surface area contributed by atoms with Gasteiger partial charge < -0.3 is 19.9 Å². The SMILES string of the molecule is C[C@@H]1NC(=O)C=C1N1CC[C@H](N2C(=O)C=C(OC(C)(C)C)[C@@H]2Cc2ccccc2)C1. The topological polar surface area (TPSA) is 61.9 Å². The average molecular weight is 410 g/mol. The number of likely N-dealkylation sites (tertiary alicyclic amines) is 1. The minimum Gasteiger partial charge on any atom is -0.490 e. The molecular formula is C24H31N3O3. The van der Waals surface area contributed by atoms with E-state index in [1.807, 2.05) is 50.8 Å². The standard InChI is InChI=1S/C24H31N3O3/c1-16-19(13-22(28)25-16)26-11-10-18(15-26)27-20(12-17-8-6-5-7-9-17)21(14-23(27)29)30-24(2,3)4/h5-9,13-14,16,18,20H,10-12,15H2,1-4H3,(H,25,28)/t16-,18-,20-/m0/s1. The lowest BCUT2D eigenvalue weighted by atomic mass is 10.0. The number of nitrogens with zero attached hydrogens (tertiary/aromatic N) is 2. The van der Waals surface area contributed by atoms with Crippen molar-refractivity contribution in [2.24, 2.45) is 0 Å². The Morgan fingerprint density at radius 2 is 1.87 bits per heavy atom. The highest BCUT2D eigenvalue weighted by Gasteiger charge is 2.43. The summed E-state index contributed by atoms with van der Waals surface area (Å²) in [5, 5.41) is 2.93. The van der Waals surface area contributed by atoms with Crippen LogP contribution in [-0.4, -0.2) is 58.4 Å². The molecule has 3 atom stereocenters. The summed E-state index contributed by atoms with van der Waals surface area (Å²) in [7, 11) is 0. The molecule has 0 saturated carbocycles. The number of hydrogen-bond acceptors (Lipinski definition) is 4. The van der Waals surface area contributed by atoms with Crippen molar-refractivity contribution in [2.75, 3.05) is 13.1 Å². The summed E-state index contributed by atoms with van der Waals surface area (Å²) in [6.45, 7) is 9.60. The molecule has 160 valence electrons. The summed E-state index contributed by atoms with van der Waals surface area (Å²) in [6.07, 6.45) is 4.97. The van der Waals surface area contributed by atoms with Gasteiger partial charge in [0, 0.05) is 37.4 Å². The van der Waals surface area contributed by atoms with Gasteiger partial charge in [0.1, 0.15) is 11.4 Å². The van der Waals surface area contributed by atoms with Crippen molar-refractivity contribution < 1.29 is 14.3 Å². The van der Waals surface area contributed by atoms with Crippen molar-refractivity contribution in [1.29, 1.82) is 0 Å². The van der Waals surface area contributed by atoms with E-state index < -0.39 is 0 Å². The molecular weight excluding hydrogens is 378 g/mol. The highest BCUT2D eigenvalue weighted by atomic mass is 16.5. The van der Waals surface area contributed by atoms with E-state index >= 15 is 0 Å². The minimum atomic E-state index is -0.366. The summed E-state index contributed by atoms with van der Waals surface area (Å²) in [5.74, 6) is 0.729. The third kappa shape index (κ3) is 4.23. The molecule has 3 aliphatic heterocycles. The first-order chi connectivity index (χ1) is 14.2. The maximum atomic E-state index is 13.1. The van der Waals surface area contributed by atoms with Crippen LogP contribution >= 0.6 is 0 Å². The molecule has 6 heteroatoms. The van der Waals surface area contributed by atoms with Gasteiger partial charge in [-0.25, -0.2) is 0 Å². The van der Waals surface area contributed by atoms with Crippen LogP contribution in [0, 0.1) is 0 Å². The Balaban J connectivity index is 1.55. The van der Waals surface area contributed by atoms with Gasteiger partial charge in [0.25, 0.3) is 5.91 Å². The first kappa shape index (κ1) is 20.5. The second-order valence-corrected chi connectivity index (χ2v) is 9.40. The quantitative estimate of drug-likeness (QED) is 0.812. The van der Waals surface area contributed by atoms with Crippen molar-refractivity contribution in [2.45, 2.75) is 64.3 Å². The molecule has 0 spiro atoms. The van der Waals surface area contributed by atoms with Crippen molar-refractivity contribution in [3.8, 4) is 0 Å². The zero-order valence-electron chi connectivity index (χ0n) is 18.2. The van der Waals surface area contributed by atoms with E-state index in [1.54, 1.807) is 12.2 Å². The lowest BCUT2D eigenvalue weighted by Gasteiger charge is -2.34. The highest BCUT2D eigenvalue weighted by Crippen LogP contribution is 2.33. The molecule has 0 unspecified atom stereocenters. The van der Waals surface area contributed by atoms with Gasteiger partial charge in [-0.15, -0.1) is 0 Å². The summed E-state index contributed by atoms with van der Waals surface area (Å²) < 4.78 is 6.22. The van der Waals surface area contributed by atoms with E-state index in [-0.39, 0.29) is 35.5 Å².